The molecule has 4 amide bonds. The maximum atomic E-state index is 14.2. The van der Waals surface area contributed by atoms with E-state index in [0.29, 0.717) is 5.75 Å². The summed E-state index contributed by atoms with van der Waals surface area (Å²) in [5, 5.41) is 5.56. The molecule has 1 saturated carbocycles. The van der Waals surface area contributed by atoms with Gasteiger partial charge in [0.1, 0.15) is 29.5 Å². The summed E-state index contributed by atoms with van der Waals surface area (Å²) in [4.78, 5) is 56.0. The summed E-state index contributed by atoms with van der Waals surface area (Å²) in [6.07, 6.45) is 0.931. The molecule has 282 valence electrons. The van der Waals surface area contributed by atoms with Gasteiger partial charge in [-0.3, -0.25) is 14.4 Å². The molecule has 0 bridgehead atoms. The van der Waals surface area contributed by atoms with Gasteiger partial charge in [0.2, 0.25) is 11.8 Å². The van der Waals surface area contributed by atoms with Crippen molar-refractivity contribution in [2.75, 3.05) is 13.1 Å². The summed E-state index contributed by atoms with van der Waals surface area (Å²) in [6.45, 7) is 13.0. The van der Waals surface area contributed by atoms with Gasteiger partial charge < -0.3 is 25.0 Å². The minimum atomic E-state index is -4.37. The molecule has 1 aliphatic carbocycles. The minimum Gasteiger partial charge on any atom is -0.489 e. The van der Waals surface area contributed by atoms with Gasteiger partial charge in [-0.25, -0.2) is 17.9 Å². The summed E-state index contributed by atoms with van der Waals surface area (Å²) in [7, 11) is -4.37. The van der Waals surface area contributed by atoms with Crippen LogP contribution in [0.5, 0.6) is 5.75 Å². The molecular formula is C40H48N4O8S. The molecule has 2 fully saturated rings. The van der Waals surface area contributed by atoms with Crippen molar-refractivity contribution in [1.29, 1.82) is 0 Å². The number of hydrogen-bond donors (Lipinski definition) is 3. The third-order valence-electron chi connectivity index (χ3n) is 9.44. The van der Waals surface area contributed by atoms with Crippen molar-refractivity contribution in [2.45, 2.75) is 75.6 Å². The second kappa shape index (κ2) is 15.8. The average molecular weight is 745 g/mol. The van der Waals surface area contributed by atoms with Gasteiger partial charge in [0.15, 0.2) is 0 Å². The van der Waals surface area contributed by atoms with E-state index in [-0.39, 0.29) is 42.8 Å². The Bertz CT molecular complexity index is 1930. The number of ether oxygens (including phenoxy) is 2. The first-order valence-corrected chi connectivity index (χ1v) is 19.1. The number of amides is 4. The molecule has 2 aliphatic rings. The molecule has 3 aromatic rings. The van der Waals surface area contributed by atoms with Crippen LogP contribution < -0.4 is 20.1 Å². The van der Waals surface area contributed by atoms with Crippen molar-refractivity contribution in [3.63, 3.8) is 0 Å². The Morgan fingerprint density at radius 2 is 1.62 bits per heavy atom. The van der Waals surface area contributed by atoms with Crippen LogP contribution in [0.25, 0.3) is 0 Å². The van der Waals surface area contributed by atoms with Crippen LogP contribution >= 0.6 is 0 Å². The largest absolute Gasteiger partial charge is 0.489 e. The molecule has 5 atom stereocenters. The molecule has 5 rings (SSSR count). The zero-order chi connectivity index (χ0) is 38.6. The molecule has 1 aliphatic heterocycles. The second-order valence-electron chi connectivity index (χ2n) is 14.9. The summed E-state index contributed by atoms with van der Waals surface area (Å²) in [5.41, 5.74) is -0.614. The van der Waals surface area contributed by atoms with Gasteiger partial charge in [0.05, 0.1) is 10.8 Å². The Labute approximate surface area is 311 Å². The first-order valence-electron chi connectivity index (χ1n) is 17.6. The number of benzene rings is 3. The molecule has 53 heavy (non-hydrogen) atoms. The van der Waals surface area contributed by atoms with Crippen LogP contribution in [-0.4, -0.2) is 67.4 Å². The van der Waals surface area contributed by atoms with E-state index in [9.17, 15) is 27.6 Å². The van der Waals surface area contributed by atoms with E-state index < -0.39 is 62.9 Å². The number of likely N-dealkylation sites (tertiary alicyclic amines) is 1. The summed E-state index contributed by atoms with van der Waals surface area (Å²) < 4.78 is 40.4. The van der Waals surface area contributed by atoms with E-state index in [1.807, 2.05) is 74.5 Å². The zero-order valence-electron chi connectivity index (χ0n) is 30.7. The second-order valence-corrected chi connectivity index (χ2v) is 16.6. The van der Waals surface area contributed by atoms with E-state index in [2.05, 4.69) is 21.9 Å². The Morgan fingerprint density at radius 3 is 2.23 bits per heavy atom. The lowest BCUT2D eigenvalue weighted by Gasteiger charge is -2.28. The van der Waals surface area contributed by atoms with E-state index in [4.69, 9.17) is 9.47 Å². The van der Waals surface area contributed by atoms with Crippen molar-refractivity contribution in [3.8, 4) is 5.75 Å². The fourth-order valence-corrected chi connectivity index (χ4v) is 7.60. The first kappa shape index (κ1) is 39.0. The number of nitrogens with one attached hydrogen (secondary N) is 3. The molecule has 0 unspecified atom stereocenters. The number of carbonyl (C=O) groups is 4. The highest BCUT2D eigenvalue weighted by Crippen LogP contribution is 2.46. The van der Waals surface area contributed by atoms with E-state index in [0.717, 1.165) is 11.1 Å². The average Bonchev–Trinajstić information content (AvgIpc) is 3.65. The van der Waals surface area contributed by atoms with Crippen molar-refractivity contribution >= 4 is 33.8 Å². The van der Waals surface area contributed by atoms with Crippen molar-refractivity contribution in [3.05, 3.63) is 109 Å². The third kappa shape index (κ3) is 9.44. The molecular weight excluding hydrogens is 697 g/mol. The van der Waals surface area contributed by atoms with Gasteiger partial charge in [-0.05, 0) is 56.4 Å². The fraction of sp³-hybridized carbons (Fsp3) is 0.400. The van der Waals surface area contributed by atoms with Crippen LogP contribution in [0.4, 0.5) is 4.79 Å². The highest BCUT2D eigenvalue weighted by atomic mass is 32.2. The van der Waals surface area contributed by atoms with Crippen LogP contribution in [0.2, 0.25) is 0 Å². The van der Waals surface area contributed by atoms with Crippen LogP contribution in [0.15, 0.2) is 102 Å². The molecule has 13 heteroatoms. The maximum absolute atomic E-state index is 14.2. The maximum Gasteiger partial charge on any atom is 0.408 e. The van der Waals surface area contributed by atoms with Crippen molar-refractivity contribution in [2.24, 2.45) is 17.8 Å². The Morgan fingerprint density at radius 1 is 0.962 bits per heavy atom. The predicted octanol–water partition coefficient (Wildman–Crippen LogP) is 4.92. The molecule has 1 saturated heterocycles. The SMILES string of the molecule is C=C[C@@H]1C[C@]1(NC(=O)[C@@H]1CN(C(=O)[C@@H](NC(=O)OC(C)(C)C)C(C)C)C[C@H]1c1ccccc1)C(=O)NS(=O)(=O)c1cccc(OCc2ccccc2)c1. The number of carbonyl (C=O) groups excluding carboxylic acids is 4. The van der Waals surface area contributed by atoms with E-state index >= 15 is 0 Å². The van der Waals surface area contributed by atoms with Gasteiger partial charge in [0.25, 0.3) is 15.9 Å². The highest BCUT2D eigenvalue weighted by molar-refractivity contribution is 7.90. The van der Waals surface area contributed by atoms with Crippen LogP contribution in [0.3, 0.4) is 0 Å². The highest BCUT2D eigenvalue weighted by Gasteiger charge is 2.61. The monoisotopic (exact) mass is 744 g/mol. The Hall–Kier alpha value is -5.17. The minimum absolute atomic E-state index is 0.00791. The summed E-state index contributed by atoms with van der Waals surface area (Å²) >= 11 is 0. The molecule has 0 spiro atoms. The number of nitrogens with zero attached hydrogens (tertiary/aromatic N) is 1. The Kier molecular flexibility index (Phi) is 11.7. The summed E-state index contributed by atoms with van der Waals surface area (Å²) in [6, 6.07) is 23.6. The lowest BCUT2D eigenvalue weighted by atomic mass is 9.88. The van der Waals surface area contributed by atoms with E-state index in [1.165, 1.54) is 24.3 Å². The Balaban J connectivity index is 1.33. The lowest BCUT2D eigenvalue weighted by molar-refractivity contribution is -0.134. The van der Waals surface area contributed by atoms with Gasteiger partial charge in [-0.1, -0.05) is 86.7 Å². The normalized spacial score (nSPS) is 21.6. The fourth-order valence-electron chi connectivity index (χ4n) is 6.52. The number of hydrogen-bond acceptors (Lipinski definition) is 8. The van der Waals surface area contributed by atoms with Gasteiger partial charge in [-0.2, -0.15) is 0 Å². The van der Waals surface area contributed by atoms with Crippen molar-refractivity contribution in [1.82, 2.24) is 20.3 Å². The lowest BCUT2D eigenvalue weighted by Crippen LogP contribution is -2.54. The third-order valence-corrected chi connectivity index (χ3v) is 10.8. The van der Waals surface area contributed by atoms with Gasteiger partial charge in [0, 0.05) is 31.0 Å². The van der Waals surface area contributed by atoms with Gasteiger partial charge >= 0.3 is 6.09 Å². The first-order chi connectivity index (χ1) is 25.0. The van der Waals surface area contributed by atoms with Crippen LogP contribution in [0, 0.1) is 17.8 Å². The van der Waals surface area contributed by atoms with Crippen LogP contribution in [0.1, 0.15) is 58.1 Å². The van der Waals surface area contributed by atoms with Gasteiger partial charge in [-0.15, -0.1) is 6.58 Å². The molecule has 12 nitrogen and oxygen atoms in total. The number of alkyl carbamates (subject to hydrolysis) is 1. The number of sulfonamides is 1. The quantitative estimate of drug-likeness (QED) is 0.208. The molecule has 0 aromatic heterocycles. The molecule has 1 heterocycles. The topological polar surface area (TPSA) is 160 Å². The molecule has 3 aromatic carbocycles. The smallest absolute Gasteiger partial charge is 0.408 e. The predicted molar refractivity (Wildman–Crippen MR) is 199 cm³/mol. The number of rotatable bonds is 13. The van der Waals surface area contributed by atoms with Crippen LogP contribution in [-0.2, 0) is 35.8 Å². The molecule has 0 radical (unpaired) electrons. The molecule has 3 N–H and O–H groups in total. The standard InChI is InChI=1S/C40H48N4O8S/c1-7-29-22-40(29,37(47)43-53(49,50)31-20-14-19-30(21-31)51-25-27-15-10-8-11-16-27)42-35(45)33-24-44(23-32(33)28-17-12-9-13-18-28)36(46)34(26(2)3)41-38(48)52-39(4,5)6/h7-21,26,29,32-34H,1,22-25H2,2-6H3,(H,41,48)(H,42,45)(H,43,47)/t29-,32+,33-,34+,40-/m1/s1. The van der Waals surface area contributed by atoms with Crippen molar-refractivity contribution < 1.29 is 37.1 Å². The zero-order valence-corrected chi connectivity index (χ0v) is 31.5. The summed E-state index contributed by atoms with van der Waals surface area (Å²) in [5.74, 6) is -3.53. The van der Waals surface area contributed by atoms with E-state index in [1.54, 1.807) is 31.7 Å².